The van der Waals surface area contributed by atoms with Crippen molar-refractivity contribution in [2.24, 2.45) is 4.99 Å². The molecule has 4 heteroatoms. The molecule has 0 spiro atoms. The van der Waals surface area contributed by atoms with Crippen LogP contribution in [0.2, 0.25) is 0 Å². The Labute approximate surface area is 85.5 Å². The van der Waals surface area contributed by atoms with Crippen molar-refractivity contribution in [2.45, 2.75) is 12.4 Å². The normalized spacial score (nSPS) is 14.5. The molecule has 0 saturated carbocycles. The molecule has 0 aromatic heterocycles. The van der Waals surface area contributed by atoms with E-state index in [-0.39, 0.29) is 0 Å². The number of aliphatic imine (C=N–C) groups is 1. The van der Waals surface area contributed by atoms with Gasteiger partial charge < -0.3 is 4.90 Å². The van der Waals surface area contributed by atoms with Crippen molar-refractivity contribution in [3.63, 3.8) is 0 Å². The van der Waals surface area contributed by atoms with Gasteiger partial charge in [0.05, 0.1) is 0 Å². The molecule has 0 aliphatic heterocycles. The van der Waals surface area contributed by atoms with Gasteiger partial charge in [0.15, 0.2) is 0 Å². The largest absolute Gasteiger partial charge is 0.339 e. The van der Waals surface area contributed by atoms with E-state index in [0.29, 0.717) is 5.50 Å². The van der Waals surface area contributed by atoms with Gasteiger partial charge in [0.1, 0.15) is 11.3 Å². The summed E-state index contributed by atoms with van der Waals surface area (Å²) in [4.78, 5) is 8.41. The molecular formula is C9H19N3S. The molecule has 1 unspecified atom stereocenters. The second-order valence-electron chi connectivity index (χ2n) is 3.00. The topological polar surface area (TPSA) is 18.8 Å². The molecule has 0 saturated heterocycles. The van der Waals surface area contributed by atoms with E-state index in [1.807, 2.05) is 14.0 Å². The fourth-order valence-electron chi connectivity index (χ4n) is 1.10. The Kier molecular flexibility index (Phi) is 5.82. The maximum absolute atomic E-state index is 4.14. The van der Waals surface area contributed by atoms with Gasteiger partial charge in [0.25, 0.3) is 0 Å². The third kappa shape index (κ3) is 3.83. The molecule has 0 amide bonds. The van der Waals surface area contributed by atoms with Crippen LogP contribution in [0, 0.1) is 0 Å². The molecule has 0 heterocycles. The molecule has 0 N–H and O–H groups in total. The number of amidine groups is 1. The first kappa shape index (κ1) is 12.5. The van der Waals surface area contributed by atoms with Gasteiger partial charge in [-0.15, -0.1) is 11.8 Å². The standard InChI is InChI=1S/C9H19N3S/c1-7-10-8(2)12(5)9(13-6)11(3)4/h7,9H,1H2,2-6H3. The summed E-state index contributed by atoms with van der Waals surface area (Å²) in [5.41, 5.74) is 0.323. The lowest BCUT2D eigenvalue weighted by Crippen LogP contribution is -2.42. The Balaban J connectivity index is 4.44. The van der Waals surface area contributed by atoms with Gasteiger partial charge in [-0.1, -0.05) is 6.58 Å². The lowest BCUT2D eigenvalue weighted by atomic mass is 10.5. The number of thioether (sulfide) groups is 1. The predicted molar refractivity (Wildman–Crippen MR) is 62.1 cm³/mol. The van der Waals surface area contributed by atoms with Crippen LogP contribution in [0.25, 0.3) is 0 Å². The van der Waals surface area contributed by atoms with Crippen molar-refractivity contribution in [1.29, 1.82) is 0 Å². The summed E-state index contributed by atoms with van der Waals surface area (Å²) in [5, 5.41) is 0. The average molecular weight is 201 g/mol. The molecule has 76 valence electrons. The van der Waals surface area contributed by atoms with Crippen LogP contribution in [-0.4, -0.2) is 48.5 Å². The van der Waals surface area contributed by atoms with Gasteiger partial charge in [-0.05, 0) is 27.3 Å². The fourth-order valence-corrected chi connectivity index (χ4v) is 1.99. The molecule has 0 aliphatic carbocycles. The minimum Gasteiger partial charge on any atom is -0.339 e. The van der Waals surface area contributed by atoms with Gasteiger partial charge in [0.2, 0.25) is 0 Å². The van der Waals surface area contributed by atoms with Crippen LogP contribution in [0.4, 0.5) is 0 Å². The second kappa shape index (κ2) is 6.05. The van der Waals surface area contributed by atoms with Crippen LogP contribution in [0.5, 0.6) is 0 Å². The van der Waals surface area contributed by atoms with Gasteiger partial charge in [-0.2, -0.15) is 0 Å². The molecule has 0 radical (unpaired) electrons. The van der Waals surface area contributed by atoms with Crippen LogP contribution in [0.15, 0.2) is 17.8 Å². The highest BCUT2D eigenvalue weighted by Gasteiger charge is 2.15. The number of nitrogens with zero attached hydrogens (tertiary/aromatic N) is 3. The first-order valence-electron chi connectivity index (χ1n) is 4.12. The summed E-state index contributed by atoms with van der Waals surface area (Å²) in [6, 6.07) is 0. The van der Waals surface area contributed by atoms with E-state index < -0.39 is 0 Å². The zero-order chi connectivity index (χ0) is 10.4. The summed E-state index contributed by atoms with van der Waals surface area (Å²) < 4.78 is 0. The SMILES string of the molecule is C=CN=C(C)N(C)C(SC)N(C)C. The van der Waals surface area contributed by atoms with Gasteiger partial charge >= 0.3 is 0 Å². The van der Waals surface area contributed by atoms with Gasteiger partial charge in [0, 0.05) is 13.2 Å². The number of hydrogen-bond donors (Lipinski definition) is 0. The van der Waals surface area contributed by atoms with Crippen molar-refractivity contribution >= 4 is 17.6 Å². The highest BCUT2D eigenvalue weighted by atomic mass is 32.2. The van der Waals surface area contributed by atoms with Crippen molar-refractivity contribution in [3.05, 3.63) is 12.8 Å². The molecule has 0 aliphatic rings. The minimum atomic E-state index is 0.323. The Morgan fingerprint density at radius 1 is 1.46 bits per heavy atom. The predicted octanol–water partition coefficient (Wildman–Crippen LogP) is 1.69. The summed E-state index contributed by atoms with van der Waals surface area (Å²) in [6.07, 6.45) is 3.65. The first-order valence-corrected chi connectivity index (χ1v) is 5.40. The lowest BCUT2D eigenvalue weighted by molar-refractivity contribution is 0.253. The van der Waals surface area contributed by atoms with E-state index in [1.165, 1.54) is 0 Å². The molecule has 0 rings (SSSR count). The van der Waals surface area contributed by atoms with Crippen LogP contribution in [0.3, 0.4) is 0 Å². The summed E-state index contributed by atoms with van der Waals surface area (Å²) in [7, 11) is 6.14. The number of rotatable bonds is 4. The number of hydrogen-bond acceptors (Lipinski definition) is 3. The van der Waals surface area contributed by atoms with Crippen LogP contribution < -0.4 is 0 Å². The molecule has 0 fully saturated rings. The molecule has 3 nitrogen and oxygen atoms in total. The fraction of sp³-hybridized carbons (Fsp3) is 0.667. The summed E-state index contributed by atoms with van der Waals surface area (Å²) in [5.74, 6) is 0.975. The first-order chi connectivity index (χ1) is 6.04. The van der Waals surface area contributed by atoms with E-state index in [9.17, 15) is 0 Å². The molecule has 1 atom stereocenters. The van der Waals surface area contributed by atoms with Gasteiger partial charge in [-0.25, -0.2) is 4.99 Å². The maximum Gasteiger partial charge on any atom is 0.130 e. The average Bonchev–Trinajstić information content (AvgIpc) is 2.05. The van der Waals surface area contributed by atoms with E-state index in [1.54, 1.807) is 18.0 Å². The van der Waals surface area contributed by atoms with Crippen molar-refractivity contribution in [2.75, 3.05) is 27.4 Å². The molecule has 0 bridgehead atoms. The van der Waals surface area contributed by atoms with E-state index >= 15 is 0 Å². The Bertz CT molecular complexity index is 189. The quantitative estimate of drug-likeness (QED) is 0.392. The Morgan fingerprint density at radius 3 is 2.31 bits per heavy atom. The zero-order valence-electron chi connectivity index (χ0n) is 9.11. The summed E-state index contributed by atoms with van der Waals surface area (Å²) >= 11 is 1.78. The smallest absolute Gasteiger partial charge is 0.130 e. The zero-order valence-corrected chi connectivity index (χ0v) is 9.93. The van der Waals surface area contributed by atoms with Crippen molar-refractivity contribution in [3.8, 4) is 0 Å². The van der Waals surface area contributed by atoms with Crippen molar-refractivity contribution in [1.82, 2.24) is 9.80 Å². The molecule has 13 heavy (non-hydrogen) atoms. The van der Waals surface area contributed by atoms with Crippen molar-refractivity contribution < 1.29 is 0 Å². The van der Waals surface area contributed by atoms with Crippen LogP contribution in [-0.2, 0) is 0 Å². The summed E-state index contributed by atoms with van der Waals surface area (Å²) in [6.45, 7) is 5.56. The highest BCUT2D eigenvalue weighted by Crippen LogP contribution is 2.13. The van der Waals surface area contributed by atoms with E-state index in [2.05, 4.69) is 41.7 Å². The van der Waals surface area contributed by atoms with Gasteiger partial charge in [-0.3, -0.25) is 4.90 Å². The van der Waals surface area contributed by atoms with E-state index in [4.69, 9.17) is 0 Å². The minimum absolute atomic E-state index is 0.323. The Hall–Kier alpha value is -0.480. The van der Waals surface area contributed by atoms with Crippen LogP contribution in [0.1, 0.15) is 6.92 Å². The molecule has 0 aromatic rings. The Morgan fingerprint density at radius 2 is 2.00 bits per heavy atom. The third-order valence-electron chi connectivity index (χ3n) is 1.77. The van der Waals surface area contributed by atoms with Crippen LogP contribution >= 0.6 is 11.8 Å². The second-order valence-corrected chi connectivity index (χ2v) is 3.89. The molecular weight excluding hydrogens is 182 g/mol. The third-order valence-corrected chi connectivity index (χ3v) is 2.93. The highest BCUT2D eigenvalue weighted by molar-refractivity contribution is 7.99. The maximum atomic E-state index is 4.14. The monoisotopic (exact) mass is 201 g/mol. The lowest BCUT2D eigenvalue weighted by Gasteiger charge is -2.32. The van der Waals surface area contributed by atoms with E-state index in [0.717, 1.165) is 5.84 Å². The molecule has 0 aromatic carbocycles.